The van der Waals surface area contributed by atoms with Crippen molar-refractivity contribution >= 4 is 52.9 Å². The van der Waals surface area contributed by atoms with Gasteiger partial charge in [-0.1, -0.05) is 137 Å². The molecule has 4 heterocycles. The number of imidazole rings is 1. The molecule has 296 valence electrons. The van der Waals surface area contributed by atoms with Gasteiger partial charge >= 0.3 is 25.4 Å². The van der Waals surface area contributed by atoms with Gasteiger partial charge in [0.05, 0.1) is 19.0 Å². The van der Waals surface area contributed by atoms with Gasteiger partial charge in [-0.25, -0.2) is 4.98 Å². The molecule has 2 fully saturated rings. The zero-order valence-corrected chi connectivity index (χ0v) is 37.1. The Bertz CT molecular complexity index is 1910. The molecule has 4 aromatic rings. The average molecular weight is 803 g/mol. The predicted molar refractivity (Wildman–Crippen MR) is 221 cm³/mol. The maximum atomic E-state index is 9.76. The summed E-state index contributed by atoms with van der Waals surface area (Å²) in [5.74, 6) is 0.321. The topological polar surface area (TPSA) is 149 Å². The van der Waals surface area contributed by atoms with E-state index in [4.69, 9.17) is 47.6 Å². The van der Waals surface area contributed by atoms with Crippen molar-refractivity contribution in [2.75, 3.05) is 18.9 Å². The number of fused-ring (bicyclic) bond motifs is 2. The van der Waals surface area contributed by atoms with Crippen molar-refractivity contribution in [3.8, 4) is 11.9 Å². The van der Waals surface area contributed by atoms with Gasteiger partial charge in [0.2, 0.25) is 11.8 Å². The first-order valence-electron chi connectivity index (χ1n) is 19.5. The number of hydrogen-bond donors (Lipinski definition) is 1. The van der Waals surface area contributed by atoms with E-state index in [1.165, 1.54) is 0 Å². The second kappa shape index (κ2) is 15.8. The molecule has 2 aromatic heterocycles. The zero-order chi connectivity index (χ0) is 39.9. The summed E-state index contributed by atoms with van der Waals surface area (Å²) in [4.78, 5) is 14.3. The Kier molecular flexibility index (Phi) is 11.8. The lowest BCUT2D eigenvalue weighted by Crippen LogP contribution is -2.69. The molecule has 2 aliphatic heterocycles. The molecular weight excluding hydrogens is 745 g/mol. The molecule has 6 rings (SSSR count). The summed E-state index contributed by atoms with van der Waals surface area (Å²) in [7, 11) is -8.99. The standard InChI is InChI=1S/C40H58N6O6Si3/c1-26(2)54(27(3)4)48-24-32-34(50-55(52-54,28(5)6)29(7)8)35(47-23-22-41)38(49-32)46-25-43-33-36(46)44-39(42)45-37(33)51-53(40(9,10)11,30-18-14-12-15-19-30)31-20-16-13-17-21-31/h12-21,25-29,32,34-35,38H,23-24H2,1-11H3,(H2,42,44,45)/t32-,34-,35-,38-/m1/s1. The summed E-state index contributed by atoms with van der Waals surface area (Å²) in [5.41, 5.74) is 7.92. The van der Waals surface area contributed by atoms with Gasteiger partial charge in [0.15, 0.2) is 17.4 Å². The molecule has 12 nitrogen and oxygen atoms in total. The predicted octanol–water partition coefficient (Wildman–Crippen LogP) is 7.11. The lowest BCUT2D eigenvalue weighted by Gasteiger charge is -2.51. The van der Waals surface area contributed by atoms with Gasteiger partial charge in [0, 0.05) is 0 Å². The highest BCUT2D eigenvalue weighted by atomic mass is 28.5. The van der Waals surface area contributed by atoms with Crippen LogP contribution in [-0.4, -0.2) is 76.5 Å². The van der Waals surface area contributed by atoms with Gasteiger partial charge in [-0.05, 0) is 37.6 Å². The molecule has 2 aromatic carbocycles. The molecule has 2 N–H and O–H groups in total. The number of rotatable bonds is 11. The molecule has 15 heteroatoms. The maximum Gasteiger partial charge on any atom is 0.335 e. The van der Waals surface area contributed by atoms with Crippen LogP contribution >= 0.6 is 0 Å². The van der Waals surface area contributed by atoms with Crippen LogP contribution in [0.4, 0.5) is 5.95 Å². The summed E-state index contributed by atoms with van der Waals surface area (Å²) in [6, 6.07) is 22.8. The van der Waals surface area contributed by atoms with E-state index >= 15 is 0 Å². The number of hydrogen-bond acceptors (Lipinski definition) is 11. The largest absolute Gasteiger partial charge is 0.519 e. The highest BCUT2D eigenvalue weighted by Gasteiger charge is 2.62. The van der Waals surface area contributed by atoms with E-state index in [9.17, 15) is 5.26 Å². The van der Waals surface area contributed by atoms with E-state index in [1.807, 2.05) is 41.0 Å². The highest BCUT2D eigenvalue weighted by Crippen LogP contribution is 2.49. The number of nitrogens with zero attached hydrogens (tertiary/aromatic N) is 5. The van der Waals surface area contributed by atoms with Crippen LogP contribution in [0.2, 0.25) is 27.2 Å². The highest BCUT2D eigenvalue weighted by molar-refractivity contribution is 7.00. The Morgan fingerprint density at radius 2 is 1.45 bits per heavy atom. The van der Waals surface area contributed by atoms with Crippen molar-refractivity contribution in [1.82, 2.24) is 19.5 Å². The van der Waals surface area contributed by atoms with E-state index < -0.39 is 50.0 Å². The van der Waals surface area contributed by atoms with Crippen LogP contribution in [0.1, 0.15) is 82.4 Å². The summed E-state index contributed by atoms with van der Waals surface area (Å²) in [6.07, 6.45) is -0.952. The average Bonchev–Trinajstić information content (AvgIpc) is 3.69. The van der Waals surface area contributed by atoms with Crippen molar-refractivity contribution in [3.63, 3.8) is 0 Å². The molecule has 0 bridgehead atoms. The summed E-state index contributed by atoms with van der Waals surface area (Å²) in [5, 5.41) is 11.6. The lowest BCUT2D eigenvalue weighted by atomic mass is 10.1. The quantitative estimate of drug-likeness (QED) is 0.155. The minimum atomic E-state index is -3.12. The van der Waals surface area contributed by atoms with E-state index in [2.05, 4.69) is 106 Å². The fourth-order valence-corrected chi connectivity index (χ4v) is 24.2. The second-order valence-corrected chi connectivity index (χ2v) is 30.1. The van der Waals surface area contributed by atoms with Crippen LogP contribution in [0.3, 0.4) is 0 Å². The molecule has 4 atom stereocenters. The fraction of sp³-hybridized carbons (Fsp3) is 0.550. The van der Waals surface area contributed by atoms with Gasteiger partial charge in [-0.3, -0.25) is 4.57 Å². The number of anilines is 1. The number of ether oxygens (including phenoxy) is 2. The van der Waals surface area contributed by atoms with Crippen molar-refractivity contribution in [2.45, 2.75) is 128 Å². The zero-order valence-electron chi connectivity index (χ0n) is 34.1. The smallest absolute Gasteiger partial charge is 0.335 e. The number of benzene rings is 2. The van der Waals surface area contributed by atoms with E-state index in [0.717, 1.165) is 10.4 Å². The third-order valence-electron chi connectivity index (χ3n) is 11.3. The van der Waals surface area contributed by atoms with Crippen LogP contribution in [0, 0.1) is 11.3 Å². The SMILES string of the molecule is CC(C)[Si]1(C(C)C)OC[C@H]2O[C@@H](n3cnc4c(O[Si](c5ccccc5)(c5ccccc5)C(C)(C)C)nc(N)nc43)[C@H](OCC#N)[C@@H]2O[Si](C(C)C)(C(C)C)O1. The normalized spacial score (nSPS) is 22.9. The number of nitriles is 1. The summed E-state index contributed by atoms with van der Waals surface area (Å²) in [6.45, 7) is 24.2. The third kappa shape index (κ3) is 7.20. The van der Waals surface area contributed by atoms with Gasteiger partial charge in [0.1, 0.15) is 24.9 Å². The maximum absolute atomic E-state index is 9.76. The Morgan fingerprint density at radius 1 is 0.891 bits per heavy atom. The number of nitrogen functional groups attached to an aromatic ring is 1. The molecular formula is C40H58N6O6Si3. The number of aromatic nitrogens is 4. The molecule has 0 unspecified atom stereocenters. The molecule has 0 aliphatic carbocycles. The van der Waals surface area contributed by atoms with Gasteiger partial charge in [0.25, 0.3) is 0 Å². The Hall–Kier alpha value is -3.47. The summed E-state index contributed by atoms with van der Waals surface area (Å²) < 4.78 is 44.3. The van der Waals surface area contributed by atoms with E-state index in [1.54, 1.807) is 6.33 Å². The molecule has 2 aliphatic rings. The van der Waals surface area contributed by atoms with E-state index in [0.29, 0.717) is 11.2 Å². The van der Waals surface area contributed by atoms with Crippen LogP contribution < -0.4 is 20.5 Å². The first-order valence-corrected chi connectivity index (χ1v) is 25.3. The fourth-order valence-electron chi connectivity index (χ4n) is 8.62. The van der Waals surface area contributed by atoms with Crippen LogP contribution in [0.5, 0.6) is 5.88 Å². The Balaban J connectivity index is 1.49. The molecule has 0 saturated carbocycles. The van der Waals surface area contributed by atoms with Crippen molar-refractivity contribution in [3.05, 3.63) is 67.0 Å². The van der Waals surface area contributed by atoms with Crippen molar-refractivity contribution in [1.29, 1.82) is 5.26 Å². The van der Waals surface area contributed by atoms with Crippen LogP contribution in [-0.2, 0) is 22.4 Å². The molecule has 0 spiro atoms. The lowest BCUT2D eigenvalue weighted by molar-refractivity contribution is -0.0637. The first kappa shape index (κ1) is 41.2. The van der Waals surface area contributed by atoms with Gasteiger partial charge in [-0.15, -0.1) is 0 Å². The van der Waals surface area contributed by atoms with E-state index in [-0.39, 0.29) is 52.2 Å². The van der Waals surface area contributed by atoms with Gasteiger partial charge in [-0.2, -0.15) is 15.2 Å². The first-order chi connectivity index (χ1) is 26.0. The van der Waals surface area contributed by atoms with Crippen LogP contribution in [0.25, 0.3) is 11.2 Å². The molecule has 0 amide bonds. The molecule has 0 radical (unpaired) electrons. The Morgan fingerprint density at radius 3 is 1.96 bits per heavy atom. The molecule has 55 heavy (non-hydrogen) atoms. The van der Waals surface area contributed by atoms with Crippen LogP contribution in [0.15, 0.2) is 67.0 Å². The molecule has 2 saturated heterocycles. The van der Waals surface area contributed by atoms with Crippen molar-refractivity contribution < 1.29 is 26.9 Å². The second-order valence-electron chi connectivity index (χ2n) is 17.0. The number of nitrogens with two attached hydrogens (primary N) is 1. The third-order valence-corrected chi connectivity index (χ3v) is 26.5. The van der Waals surface area contributed by atoms with Gasteiger partial charge < -0.3 is 32.6 Å². The monoisotopic (exact) mass is 802 g/mol. The minimum Gasteiger partial charge on any atom is -0.519 e. The van der Waals surface area contributed by atoms with Crippen molar-refractivity contribution in [2.24, 2.45) is 0 Å². The minimum absolute atomic E-state index is 0.0318. The summed E-state index contributed by atoms with van der Waals surface area (Å²) >= 11 is 0. The Labute approximate surface area is 329 Å².